The number of benzene rings is 1. The molecule has 0 fully saturated rings. The zero-order valence-electron chi connectivity index (χ0n) is 6.80. The maximum Gasteiger partial charge on any atom is 0.0941 e. The Morgan fingerprint density at radius 1 is 1.31 bits per heavy atom. The van der Waals surface area contributed by atoms with Crippen molar-refractivity contribution in [3.63, 3.8) is 0 Å². The molecule has 0 spiro atoms. The van der Waals surface area contributed by atoms with E-state index in [-0.39, 0.29) is 0 Å². The molecule has 0 radical (unpaired) electrons. The summed E-state index contributed by atoms with van der Waals surface area (Å²) in [6.07, 6.45) is 2.01. The highest BCUT2D eigenvalue weighted by atomic mass is 35.5. The molecule has 2 rings (SSSR count). The second-order valence-electron chi connectivity index (χ2n) is 2.54. The van der Waals surface area contributed by atoms with E-state index in [1.165, 1.54) is 0 Å². The van der Waals surface area contributed by atoms with Crippen LogP contribution in [-0.2, 0) is 0 Å². The summed E-state index contributed by atoms with van der Waals surface area (Å²) in [6, 6.07) is 6.01. The van der Waals surface area contributed by atoms with Crippen LogP contribution in [0.5, 0.6) is 0 Å². The van der Waals surface area contributed by atoms with Crippen molar-refractivity contribution < 1.29 is 0 Å². The minimum atomic E-state index is 0.787. The monoisotopic (exact) mass is 248 g/mol. The highest BCUT2D eigenvalue weighted by Crippen LogP contribution is 2.38. The topological polar surface area (TPSA) is 0 Å². The quantitative estimate of drug-likeness (QED) is 0.646. The summed E-state index contributed by atoms with van der Waals surface area (Å²) in [6.45, 7) is 0. The lowest BCUT2D eigenvalue weighted by Crippen LogP contribution is -1.72. The molecule has 68 valence electrons. The number of fused-ring (bicyclic) bond motifs is 1. The summed E-state index contributed by atoms with van der Waals surface area (Å²) >= 11 is 15.3. The first-order valence-electron chi connectivity index (χ1n) is 3.64. The van der Waals surface area contributed by atoms with Crippen LogP contribution < -0.4 is 0 Å². The molecule has 0 unspecified atom stereocenters. The van der Waals surface area contributed by atoms with Crippen LogP contribution in [0.1, 0.15) is 0 Å². The maximum absolute atomic E-state index is 6.18. The molecule has 13 heavy (non-hydrogen) atoms. The van der Waals surface area contributed by atoms with Gasteiger partial charge in [-0.25, -0.2) is 0 Å². The van der Waals surface area contributed by atoms with Crippen LogP contribution in [0.4, 0.5) is 0 Å². The van der Waals surface area contributed by atoms with Crippen molar-refractivity contribution in [2.75, 3.05) is 6.26 Å². The van der Waals surface area contributed by atoms with Gasteiger partial charge in [-0.2, -0.15) is 0 Å². The van der Waals surface area contributed by atoms with Gasteiger partial charge >= 0.3 is 0 Å². The van der Waals surface area contributed by atoms with Gasteiger partial charge in [0.1, 0.15) is 0 Å². The van der Waals surface area contributed by atoms with Gasteiger partial charge in [0.15, 0.2) is 0 Å². The van der Waals surface area contributed by atoms with Crippen molar-refractivity contribution >= 4 is 56.4 Å². The molecule has 0 aliphatic rings. The Bertz CT molecular complexity index is 448. The van der Waals surface area contributed by atoms with Crippen LogP contribution in [0.3, 0.4) is 0 Å². The molecule has 0 atom stereocenters. The van der Waals surface area contributed by atoms with E-state index in [0.717, 1.165) is 24.3 Å². The van der Waals surface area contributed by atoms with Crippen molar-refractivity contribution in [1.82, 2.24) is 0 Å². The third-order valence-electron chi connectivity index (χ3n) is 1.79. The van der Waals surface area contributed by atoms with E-state index in [4.69, 9.17) is 23.2 Å². The molecule has 2 aromatic rings. The van der Waals surface area contributed by atoms with Gasteiger partial charge in [-0.1, -0.05) is 23.2 Å². The van der Waals surface area contributed by atoms with E-state index in [9.17, 15) is 0 Å². The predicted molar refractivity (Wildman–Crippen MR) is 63.6 cm³/mol. The Morgan fingerprint density at radius 2 is 2.08 bits per heavy atom. The van der Waals surface area contributed by atoms with Gasteiger partial charge in [0, 0.05) is 15.0 Å². The van der Waals surface area contributed by atoms with E-state index >= 15 is 0 Å². The third-order valence-corrected chi connectivity index (χ3v) is 4.32. The molecule has 0 saturated heterocycles. The first kappa shape index (κ1) is 9.66. The van der Waals surface area contributed by atoms with Crippen molar-refractivity contribution in [2.45, 2.75) is 4.90 Å². The molecule has 0 aliphatic carbocycles. The van der Waals surface area contributed by atoms with Gasteiger partial charge in [0.25, 0.3) is 0 Å². The van der Waals surface area contributed by atoms with E-state index in [2.05, 4.69) is 6.07 Å². The largest absolute Gasteiger partial charge is 0.128 e. The highest BCUT2D eigenvalue weighted by molar-refractivity contribution is 7.98. The van der Waals surface area contributed by atoms with Crippen molar-refractivity contribution in [3.8, 4) is 0 Å². The van der Waals surface area contributed by atoms with Crippen LogP contribution in [0.2, 0.25) is 9.36 Å². The summed E-state index contributed by atoms with van der Waals surface area (Å²) in [5.74, 6) is 0. The standard InChI is InChI=1S/C9H6Cl2S2/c1-12-7-3-2-6-5(9(7)11)4-8(10)13-6/h2-4H,1H3. The molecule has 0 N–H and O–H groups in total. The van der Waals surface area contributed by atoms with Gasteiger partial charge in [-0.05, 0) is 24.5 Å². The smallest absolute Gasteiger partial charge is 0.0941 e. The molecule has 0 aliphatic heterocycles. The molecule has 1 aromatic heterocycles. The zero-order valence-corrected chi connectivity index (χ0v) is 9.95. The SMILES string of the molecule is CSc1ccc2sc(Cl)cc2c1Cl. The highest BCUT2D eigenvalue weighted by Gasteiger charge is 2.07. The Hall–Kier alpha value is 0.110. The lowest BCUT2D eigenvalue weighted by Gasteiger charge is -2.00. The Balaban J connectivity index is 2.78. The van der Waals surface area contributed by atoms with E-state index in [1.807, 2.05) is 18.4 Å². The molecule has 0 saturated carbocycles. The van der Waals surface area contributed by atoms with Crippen LogP contribution >= 0.6 is 46.3 Å². The van der Waals surface area contributed by atoms with E-state index in [1.54, 1.807) is 23.1 Å². The Kier molecular flexibility index (Phi) is 2.75. The fraction of sp³-hybridized carbons (Fsp3) is 0.111. The van der Waals surface area contributed by atoms with Crippen LogP contribution in [0, 0.1) is 0 Å². The summed E-state index contributed by atoms with van der Waals surface area (Å²) in [4.78, 5) is 1.10. The predicted octanol–water partition coefficient (Wildman–Crippen LogP) is 4.93. The Morgan fingerprint density at radius 3 is 2.77 bits per heavy atom. The van der Waals surface area contributed by atoms with Gasteiger partial charge < -0.3 is 0 Å². The number of rotatable bonds is 1. The summed E-state index contributed by atoms with van der Waals surface area (Å²) in [7, 11) is 0. The van der Waals surface area contributed by atoms with Gasteiger partial charge in [-0.15, -0.1) is 23.1 Å². The zero-order chi connectivity index (χ0) is 9.42. The van der Waals surface area contributed by atoms with Crippen molar-refractivity contribution in [2.24, 2.45) is 0 Å². The number of hydrogen-bond donors (Lipinski definition) is 0. The minimum absolute atomic E-state index is 0.787. The fourth-order valence-electron chi connectivity index (χ4n) is 1.18. The first-order chi connectivity index (χ1) is 6.22. The molecule has 0 amide bonds. The molecule has 0 bridgehead atoms. The maximum atomic E-state index is 6.18. The first-order valence-corrected chi connectivity index (χ1v) is 6.43. The minimum Gasteiger partial charge on any atom is -0.128 e. The van der Waals surface area contributed by atoms with Gasteiger partial charge in [-0.3, -0.25) is 0 Å². The number of hydrogen-bond acceptors (Lipinski definition) is 2. The summed E-state index contributed by atoms with van der Waals surface area (Å²) in [5, 5.41) is 1.87. The normalized spacial score (nSPS) is 11.0. The second kappa shape index (κ2) is 3.70. The number of thiophene rings is 1. The second-order valence-corrected chi connectivity index (χ2v) is 5.49. The average Bonchev–Trinajstić information content (AvgIpc) is 2.47. The average molecular weight is 249 g/mol. The van der Waals surface area contributed by atoms with Crippen LogP contribution in [-0.4, -0.2) is 6.26 Å². The molecule has 1 aromatic carbocycles. The molecule has 0 nitrogen and oxygen atoms in total. The molecular weight excluding hydrogens is 243 g/mol. The number of halogens is 2. The van der Waals surface area contributed by atoms with Gasteiger partial charge in [0.2, 0.25) is 0 Å². The molecule has 4 heteroatoms. The van der Waals surface area contributed by atoms with Crippen LogP contribution in [0.25, 0.3) is 10.1 Å². The Labute approximate surface area is 94.8 Å². The molecule has 1 heterocycles. The van der Waals surface area contributed by atoms with Crippen molar-refractivity contribution in [1.29, 1.82) is 0 Å². The van der Waals surface area contributed by atoms with Gasteiger partial charge in [0.05, 0.1) is 9.36 Å². The fourth-order valence-corrected chi connectivity index (χ4v) is 3.34. The van der Waals surface area contributed by atoms with E-state index in [0.29, 0.717) is 0 Å². The summed E-state index contributed by atoms with van der Waals surface area (Å²) < 4.78 is 1.93. The lowest BCUT2D eigenvalue weighted by molar-refractivity contribution is 1.53. The third kappa shape index (κ3) is 1.68. The van der Waals surface area contributed by atoms with Crippen molar-refractivity contribution in [3.05, 3.63) is 27.6 Å². The van der Waals surface area contributed by atoms with E-state index < -0.39 is 0 Å². The van der Waals surface area contributed by atoms with Crippen LogP contribution in [0.15, 0.2) is 23.1 Å². The molecular formula is C9H6Cl2S2. The lowest BCUT2D eigenvalue weighted by atomic mass is 10.3. The summed E-state index contributed by atoms with van der Waals surface area (Å²) in [5.41, 5.74) is 0. The number of thioether (sulfide) groups is 1.